The van der Waals surface area contributed by atoms with Crippen molar-refractivity contribution >= 4 is 21.8 Å². The van der Waals surface area contributed by atoms with Crippen LogP contribution in [0.25, 0.3) is 0 Å². The maximum Gasteiger partial charge on any atom is 0.214 e. The van der Waals surface area contributed by atoms with Gasteiger partial charge in [0.2, 0.25) is 10.0 Å². The molecule has 2 heterocycles. The summed E-state index contributed by atoms with van der Waals surface area (Å²) >= 11 is 2.01. The Morgan fingerprint density at radius 2 is 1.94 bits per heavy atom. The van der Waals surface area contributed by atoms with Crippen molar-refractivity contribution in [1.29, 1.82) is 0 Å². The van der Waals surface area contributed by atoms with E-state index in [2.05, 4.69) is 5.32 Å². The van der Waals surface area contributed by atoms with Gasteiger partial charge in [0.05, 0.1) is 5.75 Å². The number of sulfonamides is 1. The number of nitrogens with one attached hydrogen (secondary N) is 1. The molecular formula is C12H24N2O2S2. The Hall–Kier alpha value is 0.220. The SMILES string of the molecule is CCCS(=O)(=O)N1CCC(NC2CCSC2)CC1. The van der Waals surface area contributed by atoms with E-state index in [1.165, 1.54) is 17.9 Å². The summed E-state index contributed by atoms with van der Waals surface area (Å²) in [5.74, 6) is 2.78. The molecule has 0 radical (unpaired) electrons. The fourth-order valence-corrected chi connectivity index (χ4v) is 5.39. The zero-order valence-electron chi connectivity index (χ0n) is 11.1. The second kappa shape index (κ2) is 6.59. The average molecular weight is 292 g/mol. The molecule has 0 amide bonds. The highest BCUT2D eigenvalue weighted by atomic mass is 32.2. The molecule has 0 bridgehead atoms. The summed E-state index contributed by atoms with van der Waals surface area (Å²) in [7, 11) is -2.98. The first-order valence-electron chi connectivity index (χ1n) is 6.93. The molecule has 1 atom stereocenters. The van der Waals surface area contributed by atoms with Crippen molar-refractivity contribution in [2.75, 3.05) is 30.3 Å². The Morgan fingerprint density at radius 1 is 1.22 bits per heavy atom. The molecular weight excluding hydrogens is 268 g/mol. The number of nitrogens with zero attached hydrogens (tertiary/aromatic N) is 1. The molecule has 18 heavy (non-hydrogen) atoms. The number of piperidine rings is 1. The smallest absolute Gasteiger partial charge is 0.214 e. The highest BCUT2D eigenvalue weighted by Crippen LogP contribution is 2.20. The molecule has 0 aromatic rings. The lowest BCUT2D eigenvalue weighted by atomic mass is 10.1. The fraction of sp³-hybridized carbons (Fsp3) is 1.00. The molecule has 0 saturated carbocycles. The van der Waals surface area contributed by atoms with E-state index in [9.17, 15) is 8.42 Å². The van der Waals surface area contributed by atoms with Gasteiger partial charge in [0.25, 0.3) is 0 Å². The monoisotopic (exact) mass is 292 g/mol. The molecule has 1 unspecified atom stereocenters. The summed E-state index contributed by atoms with van der Waals surface area (Å²) in [6.45, 7) is 3.31. The standard InChI is InChI=1S/C12H24N2O2S2/c1-2-9-18(15,16)14-6-3-11(4-7-14)13-12-5-8-17-10-12/h11-13H,2-10H2,1H3. The number of thioether (sulfide) groups is 1. The van der Waals surface area contributed by atoms with Crippen LogP contribution in [-0.4, -0.2) is 55.2 Å². The molecule has 0 spiro atoms. The summed E-state index contributed by atoms with van der Waals surface area (Å²) in [5.41, 5.74) is 0. The van der Waals surface area contributed by atoms with E-state index in [-0.39, 0.29) is 0 Å². The van der Waals surface area contributed by atoms with Crippen LogP contribution in [0, 0.1) is 0 Å². The van der Waals surface area contributed by atoms with E-state index in [0.717, 1.165) is 12.8 Å². The molecule has 2 rings (SSSR count). The minimum absolute atomic E-state index is 0.296. The number of hydrogen-bond acceptors (Lipinski definition) is 4. The predicted molar refractivity (Wildman–Crippen MR) is 77.5 cm³/mol. The van der Waals surface area contributed by atoms with E-state index in [4.69, 9.17) is 0 Å². The Labute approximate surface area is 115 Å². The van der Waals surface area contributed by atoms with Gasteiger partial charge in [-0.05, 0) is 31.4 Å². The highest BCUT2D eigenvalue weighted by molar-refractivity contribution is 7.99. The van der Waals surface area contributed by atoms with Crippen LogP contribution in [-0.2, 0) is 10.0 Å². The second-order valence-electron chi connectivity index (χ2n) is 5.22. The van der Waals surface area contributed by atoms with Crippen LogP contribution < -0.4 is 5.32 Å². The van der Waals surface area contributed by atoms with Gasteiger partial charge in [-0.15, -0.1) is 0 Å². The first-order valence-corrected chi connectivity index (χ1v) is 9.70. The van der Waals surface area contributed by atoms with E-state index in [1.807, 2.05) is 18.7 Å². The van der Waals surface area contributed by atoms with Crippen LogP contribution in [0.2, 0.25) is 0 Å². The molecule has 0 aliphatic carbocycles. The lowest BCUT2D eigenvalue weighted by molar-refractivity contribution is 0.277. The lowest BCUT2D eigenvalue weighted by Crippen LogP contribution is -2.48. The lowest BCUT2D eigenvalue weighted by Gasteiger charge is -2.33. The van der Waals surface area contributed by atoms with Crippen molar-refractivity contribution in [2.24, 2.45) is 0 Å². The van der Waals surface area contributed by atoms with Crippen molar-refractivity contribution in [2.45, 2.75) is 44.7 Å². The van der Waals surface area contributed by atoms with Gasteiger partial charge < -0.3 is 5.32 Å². The van der Waals surface area contributed by atoms with Gasteiger partial charge in [-0.1, -0.05) is 6.92 Å². The van der Waals surface area contributed by atoms with Crippen molar-refractivity contribution in [3.63, 3.8) is 0 Å². The normalized spacial score (nSPS) is 27.7. The van der Waals surface area contributed by atoms with Gasteiger partial charge in [0, 0.05) is 30.9 Å². The summed E-state index contributed by atoms with van der Waals surface area (Å²) in [6.07, 6.45) is 3.90. The maximum atomic E-state index is 11.9. The molecule has 2 aliphatic heterocycles. The highest BCUT2D eigenvalue weighted by Gasteiger charge is 2.28. The zero-order chi connectivity index (χ0) is 13.0. The van der Waals surface area contributed by atoms with Crippen molar-refractivity contribution in [3.8, 4) is 0 Å². The van der Waals surface area contributed by atoms with Crippen molar-refractivity contribution in [3.05, 3.63) is 0 Å². The van der Waals surface area contributed by atoms with E-state index < -0.39 is 10.0 Å². The zero-order valence-corrected chi connectivity index (χ0v) is 12.7. The molecule has 2 aliphatic rings. The van der Waals surface area contributed by atoms with Gasteiger partial charge in [-0.3, -0.25) is 0 Å². The topological polar surface area (TPSA) is 49.4 Å². The van der Waals surface area contributed by atoms with Crippen LogP contribution in [0.3, 0.4) is 0 Å². The van der Waals surface area contributed by atoms with Crippen LogP contribution in [0.4, 0.5) is 0 Å². The van der Waals surface area contributed by atoms with Crippen LogP contribution in [0.15, 0.2) is 0 Å². The molecule has 6 heteroatoms. The van der Waals surface area contributed by atoms with Crippen molar-refractivity contribution in [1.82, 2.24) is 9.62 Å². The van der Waals surface area contributed by atoms with Crippen LogP contribution in [0.1, 0.15) is 32.6 Å². The molecule has 2 saturated heterocycles. The summed E-state index contributed by atoms with van der Waals surface area (Å²) in [6, 6.07) is 1.17. The average Bonchev–Trinajstić information content (AvgIpc) is 2.82. The third-order valence-corrected chi connectivity index (χ3v) is 6.95. The fourth-order valence-electron chi connectivity index (χ4n) is 2.69. The van der Waals surface area contributed by atoms with E-state index >= 15 is 0 Å². The van der Waals surface area contributed by atoms with E-state index in [1.54, 1.807) is 4.31 Å². The molecule has 106 valence electrons. The maximum absolute atomic E-state index is 11.9. The van der Waals surface area contributed by atoms with E-state index in [0.29, 0.717) is 37.3 Å². The summed E-state index contributed by atoms with van der Waals surface area (Å²) in [4.78, 5) is 0. The van der Waals surface area contributed by atoms with Gasteiger partial charge in [0.1, 0.15) is 0 Å². The Balaban J connectivity index is 1.77. The van der Waals surface area contributed by atoms with Gasteiger partial charge in [-0.25, -0.2) is 12.7 Å². The Morgan fingerprint density at radius 3 is 2.50 bits per heavy atom. The Kier molecular flexibility index (Phi) is 5.35. The largest absolute Gasteiger partial charge is 0.310 e. The molecule has 0 aromatic carbocycles. The molecule has 0 aromatic heterocycles. The quantitative estimate of drug-likeness (QED) is 0.829. The van der Waals surface area contributed by atoms with Gasteiger partial charge in [-0.2, -0.15) is 11.8 Å². The molecule has 1 N–H and O–H groups in total. The predicted octanol–water partition coefficient (Wildman–Crippen LogP) is 1.29. The minimum Gasteiger partial charge on any atom is -0.310 e. The molecule has 4 nitrogen and oxygen atoms in total. The summed E-state index contributed by atoms with van der Waals surface area (Å²) < 4.78 is 25.6. The van der Waals surface area contributed by atoms with Crippen LogP contribution >= 0.6 is 11.8 Å². The Bertz CT molecular complexity index is 345. The number of rotatable bonds is 5. The third kappa shape index (κ3) is 3.85. The van der Waals surface area contributed by atoms with Crippen molar-refractivity contribution < 1.29 is 8.42 Å². The first kappa shape index (κ1) is 14.6. The van der Waals surface area contributed by atoms with Crippen LogP contribution in [0.5, 0.6) is 0 Å². The third-order valence-electron chi connectivity index (χ3n) is 3.71. The number of hydrogen-bond donors (Lipinski definition) is 1. The van der Waals surface area contributed by atoms with Gasteiger partial charge >= 0.3 is 0 Å². The summed E-state index contributed by atoms with van der Waals surface area (Å²) in [5, 5.41) is 3.68. The van der Waals surface area contributed by atoms with Gasteiger partial charge in [0.15, 0.2) is 0 Å². The molecule has 2 fully saturated rings. The second-order valence-corrected chi connectivity index (χ2v) is 8.45. The minimum atomic E-state index is -2.98. The first-order chi connectivity index (χ1) is 8.62.